The molecule has 1 aliphatic carbocycles. The first-order chi connectivity index (χ1) is 5.47. The van der Waals surface area contributed by atoms with Gasteiger partial charge in [-0.3, -0.25) is 0 Å². The van der Waals surface area contributed by atoms with E-state index in [0.717, 1.165) is 17.9 Å². The van der Waals surface area contributed by atoms with Crippen LogP contribution in [0.3, 0.4) is 0 Å². The van der Waals surface area contributed by atoms with Crippen molar-refractivity contribution < 1.29 is 4.58 Å². The Labute approximate surface area is 77.4 Å². The summed E-state index contributed by atoms with van der Waals surface area (Å²) in [5.41, 5.74) is 0. The summed E-state index contributed by atoms with van der Waals surface area (Å²) >= 11 is 0. The lowest BCUT2D eigenvalue weighted by Gasteiger charge is -2.16. The van der Waals surface area contributed by atoms with Gasteiger partial charge in [0.2, 0.25) is 12.3 Å². The first kappa shape index (κ1) is 8.69. The van der Waals surface area contributed by atoms with Gasteiger partial charge < -0.3 is 0 Å². The highest BCUT2D eigenvalue weighted by Crippen LogP contribution is 2.49. The molecule has 1 saturated carbocycles. The maximum Gasteiger partial charge on any atom is 0.230 e. The van der Waals surface area contributed by atoms with E-state index in [4.69, 9.17) is 0 Å². The monoisotopic (exact) mass is 184 g/mol. The molecule has 4 atom stereocenters. The summed E-state index contributed by atoms with van der Waals surface area (Å²) < 4.78 is 2.35. The normalized spacial score (nSPS) is 39.3. The Bertz CT molecular complexity index is 226. The van der Waals surface area contributed by atoms with Gasteiger partial charge in [0.05, 0.1) is 0 Å². The summed E-state index contributed by atoms with van der Waals surface area (Å²) in [5, 5.41) is 0.451. The van der Waals surface area contributed by atoms with E-state index in [0.29, 0.717) is 5.16 Å². The van der Waals surface area contributed by atoms with Crippen LogP contribution in [0.5, 0.6) is 0 Å². The minimum atomic E-state index is 0.451. The summed E-state index contributed by atoms with van der Waals surface area (Å²) in [5.74, 6) is 2.00. The smallest absolute Gasteiger partial charge is 0.224 e. The third-order valence-electron chi connectivity index (χ3n) is 2.97. The molecule has 0 N–H and O–H groups in total. The fourth-order valence-electron chi connectivity index (χ4n) is 2.21. The van der Waals surface area contributed by atoms with Gasteiger partial charge in [-0.05, 0) is 23.9 Å². The topological polar surface area (TPSA) is 3.01 Å². The van der Waals surface area contributed by atoms with E-state index in [9.17, 15) is 0 Å². The molecule has 0 spiro atoms. The zero-order chi connectivity index (χ0) is 8.93. The molecule has 2 aliphatic rings. The molecule has 2 heteroatoms. The molecule has 4 unspecified atom stereocenters. The molecule has 0 radical (unpaired) electrons. The summed E-state index contributed by atoms with van der Waals surface area (Å²) in [6.07, 6.45) is 5.18. The zero-order valence-electron chi connectivity index (χ0n) is 8.25. The molecule has 1 heterocycles. The van der Waals surface area contributed by atoms with E-state index in [1.54, 1.807) is 0 Å². The molecule has 12 heavy (non-hydrogen) atoms. The lowest BCUT2D eigenvalue weighted by Crippen LogP contribution is -2.12. The molecular formula is C10H19NP+. The number of hydrogen-bond acceptors (Lipinski definition) is 0. The van der Waals surface area contributed by atoms with Crippen LogP contribution in [0.15, 0.2) is 0 Å². The van der Waals surface area contributed by atoms with E-state index in [1.165, 1.54) is 12.8 Å². The van der Waals surface area contributed by atoms with Crippen LogP contribution < -0.4 is 0 Å². The second-order valence-corrected chi connectivity index (χ2v) is 6.72. The molecule has 2 rings (SSSR count). The van der Waals surface area contributed by atoms with Gasteiger partial charge in [0.25, 0.3) is 0 Å². The highest BCUT2D eigenvalue weighted by Gasteiger charge is 2.54. The fourth-order valence-corrected chi connectivity index (χ4v) is 2.52. The van der Waals surface area contributed by atoms with Crippen molar-refractivity contribution in [3.05, 3.63) is 0 Å². The van der Waals surface area contributed by atoms with Gasteiger partial charge in [0.15, 0.2) is 0 Å². The SMILES string of the molecule is C[N+]1=CC1C1CC1CC(C)(C)P. The molecule has 1 aliphatic heterocycles. The van der Waals surface area contributed by atoms with Crippen LogP contribution in [-0.2, 0) is 0 Å². The lowest BCUT2D eigenvalue weighted by atomic mass is 10.0. The van der Waals surface area contributed by atoms with Gasteiger partial charge in [0.1, 0.15) is 7.05 Å². The Kier molecular flexibility index (Phi) is 1.84. The molecule has 0 aromatic heterocycles. The van der Waals surface area contributed by atoms with Gasteiger partial charge in [-0.2, -0.15) is 0 Å². The number of nitrogens with zero attached hydrogens (tertiary/aromatic N) is 1. The second-order valence-electron chi connectivity index (χ2n) is 5.16. The van der Waals surface area contributed by atoms with E-state index in [2.05, 4.69) is 40.9 Å². The van der Waals surface area contributed by atoms with Crippen molar-refractivity contribution in [2.24, 2.45) is 11.8 Å². The highest BCUT2D eigenvalue weighted by molar-refractivity contribution is 7.18. The molecule has 0 amide bonds. The van der Waals surface area contributed by atoms with Crippen LogP contribution in [0, 0.1) is 11.8 Å². The predicted molar refractivity (Wildman–Crippen MR) is 56.0 cm³/mol. The fraction of sp³-hybridized carbons (Fsp3) is 0.900. The van der Waals surface area contributed by atoms with Crippen LogP contribution in [0.4, 0.5) is 0 Å². The molecule has 0 bridgehead atoms. The zero-order valence-corrected chi connectivity index (χ0v) is 9.40. The third kappa shape index (κ3) is 1.88. The first-order valence-corrected chi connectivity index (χ1v) is 5.41. The maximum atomic E-state index is 2.95. The van der Waals surface area contributed by atoms with Crippen molar-refractivity contribution in [1.29, 1.82) is 0 Å². The molecule has 1 fully saturated rings. The largest absolute Gasteiger partial charge is 0.230 e. The second kappa shape index (κ2) is 2.54. The number of rotatable bonds is 3. The minimum absolute atomic E-state index is 0.451. The van der Waals surface area contributed by atoms with E-state index in [-0.39, 0.29) is 0 Å². The summed E-state index contributed by atoms with van der Waals surface area (Å²) in [6.45, 7) is 4.63. The Hall–Kier alpha value is 0.100. The van der Waals surface area contributed by atoms with Gasteiger partial charge in [-0.1, -0.05) is 13.8 Å². The Balaban J connectivity index is 1.75. The Morgan fingerprint density at radius 3 is 2.58 bits per heavy atom. The average Bonchev–Trinajstić information content (AvgIpc) is 2.66. The maximum absolute atomic E-state index is 2.95. The van der Waals surface area contributed by atoms with Crippen molar-refractivity contribution in [3.63, 3.8) is 0 Å². The predicted octanol–water partition coefficient (Wildman–Crippen LogP) is 1.76. The summed E-state index contributed by atoms with van der Waals surface area (Å²) in [4.78, 5) is 0. The quantitative estimate of drug-likeness (QED) is 0.464. The summed E-state index contributed by atoms with van der Waals surface area (Å²) in [7, 11) is 5.14. The van der Waals surface area contributed by atoms with E-state index < -0.39 is 0 Å². The number of hydrogen-bond donors (Lipinski definition) is 0. The van der Waals surface area contributed by atoms with Crippen LogP contribution in [0.2, 0.25) is 0 Å². The van der Waals surface area contributed by atoms with Crippen molar-refractivity contribution in [1.82, 2.24) is 0 Å². The molecule has 0 aromatic rings. The van der Waals surface area contributed by atoms with Crippen LogP contribution in [-0.4, -0.2) is 29.0 Å². The van der Waals surface area contributed by atoms with Gasteiger partial charge in [0, 0.05) is 5.92 Å². The van der Waals surface area contributed by atoms with Crippen LogP contribution in [0.25, 0.3) is 0 Å². The van der Waals surface area contributed by atoms with Crippen molar-refractivity contribution >= 4 is 15.5 Å². The average molecular weight is 184 g/mol. The summed E-state index contributed by atoms with van der Waals surface area (Å²) in [6, 6.07) is 0.836. The Morgan fingerprint density at radius 1 is 1.58 bits per heavy atom. The third-order valence-corrected chi connectivity index (χ3v) is 3.21. The van der Waals surface area contributed by atoms with Gasteiger partial charge >= 0.3 is 0 Å². The molecule has 0 saturated heterocycles. The van der Waals surface area contributed by atoms with Crippen molar-refractivity contribution in [3.8, 4) is 0 Å². The van der Waals surface area contributed by atoms with E-state index in [1.807, 2.05) is 0 Å². The van der Waals surface area contributed by atoms with Crippen molar-refractivity contribution in [2.45, 2.75) is 37.9 Å². The molecule has 68 valence electrons. The van der Waals surface area contributed by atoms with E-state index >= 15 is 0 Å². The molecule has 1 nitrogen and oxygen atoms in total. The highest BCUT2D eigenvalue weighted by atomic mass is 31.0. The minimum Gasteiger partial charge on any atom is -0.224 e. The van der Waals surface area contributed by atoms with Crippen LogP contribution in [0.1, 0.15) is 26.7 Å². The standard InChI is InChI=1S/C10H19NP/c1-10(2,12)5-7-4-8(7)9-6-11(9)3/h6-9H,4-5,12H2,1-3H3/q+1. The van der Waals surface area contributed by atoms with Crippen molar-refractivity contribution in [2.75, 3.05) is 7.05 Å². The van der Waals surface area contributed by atoms with Crippen LogP contribution >= 0.6 is 9.24 Å². The molecular weight excluding hydrogens is 165 g/mol. The van der Waals surface area contributed by atoms with Gasteiger partial charge in [-0.15, -0.1) is 9.24 Å². The molecule has 0 aromatic carbocycles. The lowest BCUT2D eigenvalue weighted by molar-refractivity contribution is -0.440. The first-order valence-electron chi connectivity index (χ1n) is 4.83. The Morgan fingerprint density at radius 2 is 2.17 bits per heavy atom. The van der Waals surface area contributed by atoms with Gasteiger partial charge in [-0.25, -0.2) is 4.58 Å².